The number of carbonyl (C=O) groups excluding carboxylic acids is 4. The minimum Gasteiger partial charge on any atom is -0.354 e. The standard InChI is InChI=1S/C11H18N4O4S/c12-6-3-9(17)15-5-10(18)13-2-1-7(11(19)20)14-4-8(6)16/h6-7,14H,1-5,12H2,(H,13,18)(H,15,17)(H,19,20). The van der Waals surface area contributed by atoms with Crippen LogP contribution < -0.4 is 21.7 Å². The first kappa shape index (κ1) is 16.6. The molecule has 2 amide bonds. The summed E-state index contributed by atoms with van der Waals surface area (Å²) in [5, 5.41) is 7.23. The van der Waals surface area contributed by atoms with Crippen LogP contribution in [0.3, 0.4) is 0 Å². The molecular formula is C11H18N4O4S. The zero-order valence-corrected chi connectivity index (χ0v) is 11.7. The number of hydrogen-bond acceptors (Lipinski definition) is 6. The maximum absolute atomic E-state index is 11.7. The van der Waals surface area contributed by atoms with Crippen LogP contribution in [0.1, 0.15) is 12.8 Å². The van der Waals surface area contributed by atoms with Crippen molar-refractivity contribution < 1.29 is 19.2 Å². The third-order valence-corrected chi connectivity index (χ3v) is 3.15. The second kappa shape index (κ2) is 7.98. The summed E-state index contributed by atoms with van der Waals surface area (Å²) in [4.78, 5) is 45.8. The highest BCUT2D eigenvalue weighted by Crippen LogP contribution is 1.98. The van der Waals surface area contributed by atoms with Crippen molar-refractivity contribution in [2.45, 2.75) is 24.9 Å². The van der Waals surface area contributed by atoms with E-state index < -0.39 is 23.1 Å². The molecule has 0 aromatic heterocycles. The average Bonchev–Trinajstić information content (AvgIpc) is 2.39. The topological polar surface area (TPSA) is 130 Å². The Kier molecular flexibility index (Phi) is 6.62. The van der Waals surface area contributed by atoms with Crippen LogP contribution in [-0.4, -0.2) is 54.4 Å². The second-order valence-corrected chi connectivity index (χ2v) is 4.90. The van der Waals surface area contributed by atoms with E-state index in [1.165, 1.54) is 0 Å². The molecule has 1 rings (SSSR count). The SMILES string of the molecule is NC1CC(=O)NCC(=O)NCCC(C(=O)S)NCC1=O. The Balaban J connectivity index is 2.71. The maximum atomic E-state index is 11.7. The minimum absolute atomic E-state index is 0.126. The summed E-state index contributed by atoms with van der Waals surface area (Å²) in [6, 6.07) is -1.62. The van der Waals surface area contributed by atoms with E-state index in [0.29, 0.717) is 6.42 Å². The molecule has 0 aromatic rings. The van der Waals surface area contributed by atoms with Gasteiger partial charge in [-0.3, -0.25) is 24.5 Å². The fraction of sp³-hybridized carbons (Fsp3) is 0.636. The monoisotopic (exact) mass is 302 g/mol. The molecule has 0 spiro atoms. The van der Waals surface area contributed by atoms with Crippen molar-refractivity contribution in [3.05, 3.63) is 0 Å². The van der Waals surface area contributed by atoms with E-state index in [9.17, 15) is 19.2 Å². The predicted molar refractivity (Wildman–Crippen MR) is 74.0 cm³/mol. The first-order chi connectivity index (χ1) is 9.40. The van der Waals surface area contributed by atoms with Crippen LogP contribution in [-0.2, 0) is 19.2 Å². The van der Waals surface area contributed by atoms with E-state index in [1.807, 2.05) is 0 Å². The van der Waals surface area contributed by atoms with Gasteiger partial charge in [0.1, 0.15) is 0 Å². The highest BCUT2D eigenvalue weighted by Gasteiger charge is 2.22. The van der Waals surface area contributed by atoms with Gasteiger partial charge in [0.05, 0.1) is 25.2 Å². The van der Waals surface area contributed by atoms with Crippen molar-refractivity contribution in [2.75, 3.05) is 19.6 Å². The van der Waals surface area contributed by atoms with Gasteiger partial charge in [-0.05, 0) is 6.42 Å². The van der Waals surface area contributed by atoms with E-state index in [0.717, 1.165) is 0 Å². The lowest BCUT2D eigenvalue weighted by Crippen LogP contribution is -2.45. The van der Waals surface area contributed by atoms with Crippen molar-refractivity contribution in [2.24, 2.45) is 5.73 Å². The van der Waals surface area contributed by atoms with Crippen LogP contribution in [0.5, 0.6) is 0 Å². The van der Waals surface area contributed by atoms with Crippen LogP contribution in [0.2, 0.25) is 0 Å². The van der Waals surface area contributed by atoms with Gasteiger partial charge in [0, 0.05) is 13.0 Å². The van der Waals surface area contributed by atoms with Gasteiger partial charge in [-0.1, -0.05) is 0 Å². The van der Waals surface area contributed by atoms with E-state index in [2.05, 4.69) is 28.6 Å². The normalized spacial score (nSPS) is 26.6. The molecule has 1 fully saturated rings. The lowest BCUT2D eigenvalue weighted by atomic mass is 10.1. The molecule has 1 aliphatic rings. The average molecular weight is 302 g/mol. The Bertz CT molecular complexity index is 415. The van der Waals surface area contributed by atoms with Crippen LogP contribution in [0, 0.1) is 0 Å². The predicted octanol–water partition coefficient (Wildman–Crippen LogP) is -2.68. The molecule has 1 heterocycles. The number of carbonyl (C=O) groups is 4. The summed E-state index contributed by atoms with van der Waals surface area (Å²) in [5.41, 5.74) is 5.59. The van der Waals surface area contributed by atoms with Crippen LogP contribution in [0.4, 0.5) is 0 Å². The molecule has 0 saturated carbocycles. The third-order valence-electron chi connectivity index (χ3n) is 2.84. The van der Waals surface area contributed by atoms with Gasteiger partial charge in [0.25, 0.3) is 0 Å². The number of amides is 2. The van der Waals surface area contributed by atoms with Crippen molar-refractivity contribution in [3.63, 3.8) is 0 Å². The molecule has 0 bridgehead atoms. The molecule has 8 nitrogen and oxygen atoms in total. The Morgan fingerprint density at radius 1 is 1.15 bits per heavy atom. The fourth-order valence-corrected chi connectivity index (χ4v) is 1.87. The van der Waals surface area contributed by atoms with Gasteiger partial charge < -0.3 is 16.4 Å². The fourth-order valence-electron chi connectivity index (χ4n) is 1.65. The smallest absolute Gasteiger partial charge is 0.239 e. The van der Waals surface area contributed by atoms with Gasteiger partial charge in [0.2, 0.25) is 16.9 Å². The zero-order chi connectivity index (χ0) is 15.1. The Hall–Kier alpha value is -1.45. The molecule has 2 unspecified atom stereocenters. The molecule has 0 radical (unpaired) electrons. The van der Waals surface area contributed by atoms with Gasteiger partial charge in [0.15, 0.2) is 5.78 Å². The number of nitrogens with two attached hydrogens (primary N) is 1. The molecule has 1 saturated heterocycles. The number of hydrogen-bond donors (Lipinski definition) is 5. The first-order valence-electron chi connectivity index (χ1n) is 6.18. The lowest BCUT2D eigenvalue weighted by Gasteiger charge is -2.16. The Labute approximate surface area is 121 Å². The van der Waals surface area contributed by atoms with Crippen molar-refractivity contribution >= 4 is 35.3 Å². The van der Waals surface area contributed by atoms with E-state index in [1.54, 1.807) is 0 Å². The van der Waals surface area contributed by atoms with E-state index in [-0.39, 0.29) is 37.7 Å². The number of ketones is 1. The Morgan fingerprint density at radius 3 is 2.50 bits per heavy atom. The van der Waals surface area contributed by atoms with Crippen LogP contribution >= 0.6 is 12.6 Å². The van der Waals surface area contributed by atoms with Crippen LogP contribution in [0.15, 0.2) is 0 Å². The molecule has 112 valence electrons. The summed E-state index contributed by atoms with van der Waals surface area (Å²) < 4.78 is 0. The third kappa shape index (κ3) is 5.68. The summed E-state index contributed by atoms with van der Waals surface area (Å²) >= 11 is 3.72. The summed E-state index contributed by atoms with van der Waals surface area (Å²) in [7, 11) is 0. The van der Waals surface area contributed by atoms with Gasteiger partial charge in [-0.2, -0.15) is 0 Å². The van der Waals surface area contributed by atoms with Crippen molar-refractivity contribution in [1.29, 1.82) is 0 Å². The summed E-state index contributed by atoms with van der Waals surface area (Å²) in [5.74, 6) is -1.22. The summed E-state index contributed by atoms with van der Waals surface area (Å²) in [6.07, 6.45) is 0.0951. The van der Waals surface area contributed by atoms with Gasteiger partial charge in [-0.25, -0.2) is 0 Å². The number of Topliss-reactive ketones (excluding diaryl/α,β-unsaturated/α-hetero) is 1. The molecule has 0 aliphatic carbocycles. The molecular weight excluding hydrogens is 284 g/mol. The molecule has 2 atom stereocenters. The van der Waals surface area contributed by atoms with Crippen LogP contribution in [0.25, 0.3) is 0 Å². The first-order valence-corrected chi connectivity index (χ1v) is 6.62. The van der Waals surface area contributed by atoms with E-state index >= 15 is 0 Å². The molecule has 9 heteroatoms. The molecule has 1 aliphatic heterocycles. The van der Waals surface area contributed by atoms with Gasteiger partial charge in [-0.15, -0.1) is 12.6 Å². The number of nitrogens with one attached hydrogen (secondary N) is 3. The number of thiol groups is 1. The van der Waals surface area contributed by atoms with E-state index in [4.69, 9.17) is 5.73 Å². The minimum atomic E-state index is -0.970. The highest BCUT2D eigenvalue weighted by atomic mass is 32.1. The summed E-state index contributed by atoms with van der Waals surface area (Å²) in [6.45, 7) is -0.0784. The maximum Gasteiger partial charge on any atom is 0.239 e. The molecule has 20 heavy (non-hydrogen) atoms. The highest BCUT2D eigenvalue weighted by molar-refractivity contribution is 7.96. The lowest BCUT2D eigenvalue weighted by molar-refractivity contribution is -0.128. The van der Waals surface area contributed by atoms with Gasteiger partial charge >= 0.3 is 0 Å². The number of rotatable bonds is 1. The zero-order valence-electron chi connectivity index (χ0n) is 10.8. The quantitative estimate of drug-likeness (QED) is 0.336. The van der Waals surface area contributed by atoms with Crippen molar-refractivity contribution in [3.8, 4) is 0 Å². The largest absolute Gasteiger partial charge is 0.354 e. The molecule has 5 N–H and O–H groups in total. The van der Waals surface area contributed by atoms with Crippen molar-refractivity contribution in [1.82, 2.24) is 16.0 Å². The molecule has 0 aromatic carbocycles. The Morgan fingerprint density at radius 2 is 1.85 bits per heavy atom. The second-order valence-electron chi connectivity index (χ2n) is 4.46.